The van der Waals surface area contributed by atoms with Gasteiger partial charge in [-0.1, -0.05) is 18.2 Å². The molecule has 21 heavy (non-hydrogen) atoms. The maximum atomic E-state index is 6.17. The predicted octanol–water partition coefficient (Wildman–Crippen LogP) is 1.82. The van der Waals surface area contributed by atoms with Gasteiger partial charge in [0.2, 0.25) is 0 Å². The summed E-state index contributed by atoms with van der Waals surface area (Å²) >= 11 is 0. The van der Waals surface area contributed by atoms with Crippen molar-refractivity contribution in [3.63, 3.8) is 0 Å². The number of para-hydroxylation sites is 1. The Hall–Kier alpha value is -1.10. The van der Waals surface area contributed by atoms with Gasteiger partial charge in [0.25, 0.3) is 0 Å². The van der Waals surface area contributed by atoms with Crippen LogP contribution in [0.3, 0.4) is 0 Å². The summed E-state index contributed by atoms with van der Waals surface area (Å²) in [6.07, 6.45) is 1.29. The van der Waals surface area contributed by atoms with Crippen molar-refractivity contribution in [1.29, 1.82) is 0 Å². The highest BCUT2D eigenvalue weighted by Crippen LogP contribution is 2.38. The number of morpholine rings is 1. The summed E-state index contributed by atoms with van der Waals surface area (Å²) in [5, 5.41) is 3.20. The van der Waals surface area contributed by atoms with E-state index < -0.39 is 0 Å². The number of nitrogens with one attached hydrogen (secondary N) is 1. The van der Waals surface area contributed by atoms with Gasteiger partial charge < -0.3 is 14.8 Å². The number of fused-ring (bicyclic) bond motifs is 1. The largest absolute Gasteiger partial charge is 0.487 e. The predicted molar refractivity (Wildman–Crippen MR) is 83.8 cm³/mol. The van der Waals surface area contributed by atoms with Gasteiger partial charge in [-0.2, -0.15) is 0 Å². The third-order valence-electron chi connectivity index (χ3n) is 4.22. The number of rotatable bonds is 4. The van der Waals surface area contributed by atoms with E-state index in [2.05, 4.69) is 42.3 Å². The van der Waals surface area contributed by atoms with Crippen molar-refractivity contribution in [2.24, 2.45) is 0 Å². The van der Waals surface area contributed by atoms with E-state index in [1.54, 1.807) is 0 Å². The number of hydrogen-bond acceptors (Lipinski definition) is 4. The van der Waals surface area contributed by atoms with E-state index in [1.165, 1.54) is 11.1 Å². The third-order valence-corrected chi connectivity index (χ3v) is 4.22. The van der Waals surface area contributed by atoms with E-state index in [0.29, 0.717) is 0 Å². The summed E-state index contributed by atoms with van der Waals surface area (Å²) in [7, 11) is 1.97. The molecule has 0 spiro atoms. The highest BCUT2D eigenvalue weighted by Gasteiger charge is 2.32. The summed E-state index contributed by atoms with van der Waals surface area (Å²) in [4.78, 5) is 2.47. The molecule has 2 aliphatic rings. The van der Waals surface area contributed by atoms with Crippen LogP contribution >= 0.6 is 0 Å². The average molecular weight is 290 g/mol. The molecule has 0 saturated carbocycles. The molecule has 0 aliphatic carbocycles. The molecule has 0 bridgehead atoms. The van der Waals surface area contributed by atoms with E-state index in [4.69, 9.17) is 9.47 Å². The molecule has 2 heterocycles. The molecule has 0 amide bonds. The van der Waals surface area contributed by atoms with Crippen molar-refractivity contribution >= 4 is 0 Å². The fraction of sp³-hybridized carbons (Fsp3) is 0.647. The molecule has 0 radical (unpaired) electrons. The monoisotopic (exact) mass is 290 g/mol. The molecule has 3 rings (SSSR count). The first-order valence-corrected chi connectivity index (χ1v) is 7.86. The number of benzene rings is 1. The van der Waals surface area contributed by atoms with Crippen molar-refractivity contribution in [3.05, 3.63) is 29.3 Å². The van der Waals surface area contributed by atoms with Gasteiger partial charge in [-0.15, -0.1) is 0 Å². The van der Waals surface area contributed by atoms with Crippen LogP contribution in [0.25, 0.3) is 0 Å². The quantitative estimate of drug-likeness (QED) is 0.917. The van der Waals surface area contributed by atoms with E-state index in [0.717, 1.165) is 45.0 Å². The van der Waals surface area contributed by atoms with Gasteiger partial charge in [-0.25, -0.2) is 0 Å². The van der Waals surface area contributed by atoms with Gasteiger partial charge in [-0.05, 0) is 26.5 Å². The SMILES string of the molecule is CNCC1CN(Cc2cccc3c2OC(C)(C)C3)CCO1. The fourth-order valence-electron chi connectivity index (χ4n) is 3.32. The maximum absolute atomic E-state index is 6.17. The summed E-state index contributed by atoms with van der Waals surface area (Å²) < 4.78 is 11.9. The number of ether oxygens (including phenoxy) is 2. The van der Waals surface area contributed by atoms with Crippen LogP contribution in [0.2, 0.25) is 0 Å². The number of hydrogen-bond donors (Lipinski definition) is 1. The maximum Gasteiger partial charge on any atom is 0.127 e. The molecule has 1 N–H and O–H groups in total. The summed E-state index contributed by atoms with van der Waals surface area (Å²) in [6, 6.07) is 6.55. The second-order valence-electron chi connectivity index (χ2n) is 6.73. The molecule has 1 aromatic rings. The van der Waals surface area contributed by atoms with Crippen LogP contribution in [0.1, 0.15) is 25.0 Å². The van der Waals surface area contributed by atoms with Crippen molar-refractivity contribution < 1.29 is 9.47 Å². The van der Waals surface area contributed by atoms with Crippen LogP contribution in [0, 0.1) is 0 Å². The second kappa shape index (κ2) is 5.95. The normalized spacial score (nSPS) is 24.6. The summed E-state index contributed by atoms with van der Waals surface area (Å²) in [6.45, 7) is 8.97. The Bertz CT molecular complexity index is 500. The minimum atomic E-state index is -0.0713. The Kier molecular flexibility index (Phi) is 4.20. The lowest BCUT2D eigenvalue weighted by Gasteiger charge is -2.33. The minimum absolute atomic E-state index is 0.0713. The van der Waals surface area contributed by atoms with E-state index in [1.807, 2.05) is 7.05 Å². The lowest BCUT2D eigenvalue weighted by atomic mass is 10.0. The minimum Gasteiger partial charge on any atom is -0.487 e. The van der Waals surface area contributed by atoms with Gasteiger partial charge in [0, 0.05) is 38.2 Å². The Morgan fingerprint density at radius 3 is 3.05 bits per heavy atom. The van der Waals surface area contributed by atoms with Crippen LogP contribution in [0.15, 0.2) is 18.2 Å². The summed E-state index contributed by atoms with van der Waals surface area (Å²) in [5.41, 5.74) is 2.58. The molecule has 1 fully saturated rings. The average Bonchev–Trinajstić information content (AvgIpc) is 2.75. The summed E-state index contributed by atoms with van der Waals surface area (Å²) in [5.74, 6) is 1.11. The topological polar surface area (TPSA) is 33.7 Å². The van der Waals surface area contributed by atoms with E-state index in [9.17, 15) is 0 Å². The molecule has 0 aromatic heterocycles. The fourth-order valence-corrected chi connectivity index (χ4v) is 3.32. The Morgan fingerprint density at radius 1 is 1.38 bits per heavy atom. The third kappa shape index (κ3) is 3.39. The second-order valence-corrected chi connectivity index (χ2v) is 6.73. The molecule has 1 saturated heterocycles. The van der Waals surface area contributed by atoms with Crippen LogP contribution in [-0.2, 0) is 17.7 Å². The zero-order valence-electron chi connectivity index (χ0n) is 13.3. The van der Waals surface area contributed by atoms with Gasteiger partial charge in [0.05, 0.1) is 12.7 Å². The van der Waals surface area contributed by atoms with Crippen molar-refractivity contribution in [2.75, 3.05) is 33.3 Å². The first-order chi connectivity index (χ1) is 10.1. The molecule has 1 unspecified atom stereocenters. The lowest BCUT2D eigenvalue weighted by molar-refractivity contribution is -0.0294. The van der Waals surface area contributed by atoms with Crippen molar-refractivity contribution in [3.8, 4) is 5.75 Å². The molecule has 4 nitrogen and oxygen atoms in total. The zero-order valence-corrected chi connectivity index (χ0v) is 13.3. The Balaban J connectivity index is 1.70. The smallest absolute Gasteiger partial charge is 0.127 e. The van der Waals surface area contributed by atoms with Crippen LogP contribution in [0.5, 0.6) is 5.75 Å². The molecular formula is C17H26N2O2. The number of nitrogens with zero attached hydrogens (tertiary/aromatic N) is 1. The van der Waals surface area contributed by atoms with Crippen LogP contribution < -0.4 is 10.1 Å². The van der Waals surface area contributed by atoms with Gasteiger partial charge in [-0.3, -0.25) is 4.90 Å². The highest BCUT2D eigenvalue weighted by molar-refractivity contribution is 5.45. The molecule has 1 aromatic carbocycles. The molecule has 4 heteroatoms. The molecule has 116 valence electrons. The van der Waals surface area contributed by atoms with E-state index >= 15 is 0 Å². The lowest BCUT2D eigenvalue weighted by Crippen LogP contribution is -2.45. The first kappa shape index (κ1) is 14.8. The van der Waals surface area contributed by atoms with Gasteiger partial charge in [0.15, 0.2) is 0 Å². The van der Waals surface area contributed by atoms with Gasteiger partial charge >= 0.3 is 0 Å². The molecular weight excluding hydrogens is 264 g/mol. The molecule has 1 atom stereocenters. The number of likely N-dealkylation sites (N-methyl/N-ethyl adjacent to an activating group) is 1. The Morgan fingerprint density at radius 2 is 2.24 bits per heavy atom. The zero-order chi connectivity index (χ0) is 14.9. The highest BCUT2D eigenvalue weighted by atomic mass is 16.5. The van der Waals surface area contributed by atoms with Gasteiger partial charge in [0.1, 0.15) is 11.4 Å². The standard InChI is InChI=1S/C17H26N2O2/c1-17(2)9-13-5-4-6-14(16(13)21-17)11-19-7-8-20-15(12-19)10-18-3/h4-6,15,18H,7-12H2,1-3H3. The van der Waals surface area contributed by atoms with Crippen molar-refractivity contribution in [1.82, 2.24) is 10.2 Å². The molecule has 2 aliphatic heterocycles. The van der Waals surface area contributed by atoms with Crippen molar-refractivity contribution in [2.45, 2.75) is 38.5 Å². The first-order valence-electron chi connectivity index (χ1n) is 7.86. The van der Waals surface area contributed by atoms with Crippen LogP contribution in [-0.4, -0.2) is 49.9 Å². The van der Waals surface area contributed by atoms with E-state index in [-0.39, 0.29) is 11.7 Å². The Labute approximate surface area is 127 Å². The van der Waals surface area contributed by atoms with Crippen LogP contribution in [0.4, 0.5) is 0 Å².